The molecule has 224 valence electrons. The highest BCUT2D eigenvalue weighted by atomic mass is 17.1. The highest BCUT2D eigenvalue weighted by Crippen LogP contribution is 2.38. The summed E-state index contributed by atoms with van der Waals surface area (Å²) in [6.07, 6.45) is 22.9. The summed E-state index contributed by atoms with van der Waals surface area (Å²) in [6.45, 7) is 0. The van der Waals surface area contributed by atoms with Gasteiger partial charge in [-0.1, -0.05) is 77.0 Å². The Balaban J connectivity index is 0.000000298. The molecule has 4 aliphatic rings. The molecule has 10 nitrogen and oxygen atoms in total. The van der Waals surface area contributed by atoms with E-state index in [1.165, 1.54) is 128 Å². The van der Waals surface area contributed by atoms with Crippen LogP contribution in [0.25, 0.3) is 0 Å². The van der Waals surface area contributed by atoms with E-state index >= 15 is 0 Å². The van der Waals surface area contributed by atoms with Gasteiger partial charge >= 0.3 is 12.3 Å². The van der Waals surface area contributed by atoms with Crippen LogP contribution in [0, 0.1) is 23.7 Å². The third-order valence-corrected chi connectivity index (χ3v) is 8.70. The van der Waals surface area contributed by atoms with Gasteiger partial charge in [-0.3, -0.25) is 10.5 Å². The van der Waals surface area contributed by atoms with Gasteiger partial charge in [0.2, 0.25) is 0 Å². The van der Waals surface area contributed by atoms with Crippen LogP contribution in [0.5, 0.6) is 0 Å². The largest absolute Gasteiger partial charge is 0.503 e. The Hall–Kier alpha value is -1.62. The minimum Gasteiger partial charge on any atom is -0.450 e. The number of hydrogen-bond donors (Lipinski definition) is 6. The predicted octanol–water partition coefficient (Wildman–Crippen LogP) is 8.46. The molecule has 0 aromatic carbocycles. The Labute approximate surface area is 227 Å². The van der Waals surface area contributed by atoms with Gasteiger partial charge in [-0.05, 0) is 75.0 Å². The lowest BCUT2D eigenvalue weighted by Crippen LogP contribution is -2.34. The zero-order valence-electron chi connectivity index (χ0n) is 22.9. The van der Waals surface area contributed by atoms with Gasteiger partial charge in [0.15, 0.2) is 0 Å². The summed E-state index contributed by atoms with van der Waals surface area (Å²) in [5.74, 6) is 2.53. The van der Waals surface area contributed by atoms with Gasteiger partial charge in [-0.2, -0.15) is 0 Å². The Morgan fingerprint density at radius 3 is 0.711 bits per heavy atom. The van der Waals surface area contributed by atoms with Crippen molar-refractivity contribution >= 4 is 12.3 Å². The van der Waals surface area contributed by atoms with Gasteiger partial charge < -0.3 is 20.4 Å². The topological polar surface area (TPSA) is 174 Å². The third-order valence-electron chi connectivity index (χ3n) is 8.70. The second-order valence-electron chi connectivity index (χ2n) is 11.3. The van der Waals surface area contributed by atoms with E-state index in [4.69, 9.17) is 50.3 Å². The molecule has 6 N–H and O–H groups in total. The zero-order valence-corrected chi connectivity index (χ0v) is 22.9. The number of carbonyl (C=O) groups is 2. The molecule has 0 aromatic rings. The van der Waals surface area contributed by atoms with Gasteiger partial charge in [0.25, 0.3) is 0 Å². The van der Waals surface area contributed by atoms with Crippen molar-refractivity contribution in [2.24, 2.45) is 23.7 Å². The summed E-state index contributed by atoms with van der Waals surface area (Å²) in [4.78, 5) is 26.8. The monoisotopic (exact) mass is 548 g/mol. The molecule has 0 saturated heterocycles. The van der Waals surface area contributed by atoms with Crippen LogP contribution >= 0.6 is 0 Å². The van der Waals surface area contributed by atoms with Gasteiger partial charge in [-0.25, -0.2) is 19.4 Å². The van der Waals surface area contributed by atoms with Gasteiger partial charge in [-0.15, -0.1) is 0 Å². The van der Waals surface area contributed by atoms with Crippen LogP contribution < -0.4 is 0 Å². The predicted molar refractivity (Wildman–Crippen MR) is 143 cm³/mol. The van der Waals surface area contributed by atoms with E-state index in [1.807, 2.05) is 0 Å². The third kappa shape index (κ3) is 15.1. The van der Waals surface area contributed by atoms with Crippen LogP contribution in [0.3, 0.4) is 0 Å². The van der Waals surface area contributed by atoms with Crippen molar-refractivity contribution in [2.75, 3.05) is 0 Å². The molecule has 4 aliphatic carbocycles. The fraction of sp³-hybridized carbons (Fsp3) is 0.929. The van der Waals surface area contributed by atoms with E-state index < -0.39 is 12.3 Å². The minimum absolute atomic E-state index is 0.144. The first-order valence-electron chi connectivity index (χ1n) is 14.7. The van der Waals surface area contributed by atoms with Crippen molar-refractivity contribution in [1.82, 2.24) is 0 Å². The molecule has 38 heavy (non-hydrogen) atoms. The van der Waals surface area contributed by atoms with Gasteiger partial charge in [0.1, 0.15) is 0 Å². The number of rotatable bonds is 6. The van der Waals surface area contributed by atoms with Crippen LogP contribution in [0.1, 0.15) is 128 Å². The maximum absolute atomic E-state index is 9.13. The van der Waals surface area contributed by atoms with Crippen molar-refractivity contribution in [3.05, 3.63) is 0 Å². The highest BCUT2D eigenvalue weighted by Gasteiger charge is 2.33. The lowest BCUT2D eigenvalue weighted by molar-refractivity contribution is -0.306. The Morgan fingerprint density at radius 1 is 0.421 bits per heavy atom. The van der Waals surface area contributed by atoms with Gasteiger partial charge in [0, 0.05) is 0 Å². The first-order chi connectivity index (χ1) is 18.3. The molecular weight excluding hydrogens is 496 g/mol. The normalized spacial score (nSPS) is 21.8. The molecule has 4 rings (SSSR count). The fourth-order valence-electron chi connectivity index (χ4n) is 6.96. The molecule has 10 heteroatoms. The summed E-state index contributed by atoms with van der Waals surface area (Å²) < 4.78 is 0. The van der Waals surface area contributed by atoms with Gasteiger partial charge in [0.05, 0.1) is 12.2 Å². The zero-order chi connectivity index (χ0) is 28.2. The molecule has 0 unspecified atom stereocenters. The van der Waals surface area contributed by atoms with E-state index in [0.717, 1.165) is 0 Å². The molecule has 0 amide bonds. The van der Waals surface area contributed by atoms with Crippen molar-refractivity contribution < 1.29 is 50.3 Å². The minimum atomic E-state index is -1.83. The van der Waals surface area contributed by atoms with Crippen LogP contribution in [-0.4, -0.2) is 55.5 Å². The standard InChI is InChI=1S/2C13H24O2.2CH2O3/c2*14-15-13(11-7-3-1-4-8-11)12-9-5-2-6-10-12;2*2-1(3)4/h2*11-14H,1-10H2;2*(H2,2,3,4). The molecule has 0 aromatic heterocycles. The average molecular weight is 549 g/mol. The Bertz CT molecular complexity index is 496. The first kappa shape index (κ1) is 34.4. The number of carboxylic acid groups (broad SMARTS) is 4. The van der Waals surface area contributed by atoms with Crippen molar-refractivity contribution in [3.63, 3.8) is 0 Å². The van der Waals surface area contributed by atoms with E-state index in [9.17, 15) is 0 Å². The molecule has 0 heterocycles. The summed E-state index contributed by atoms with van der Waals surface area (Å²) in [5.41, 5.74) is 0. The summed E-state index contributed by atoms with van der Waals surface area (Å²) in [7, 11) is 0. The van der Waals surface area contributed by atoms with E-state index in [0.29, 0.717) is 23.7 Å². The highest BCUT2D eigenvalue weighted by molar-refractivity contribution is 5.53. The molecule has 0 aliphatic heterocycles. The molecular formula is C28H52O10. The van der Waals surface area contributed by atoms with Crippen LogP contribution in [0.4, 0.5) is 9.59 Å². The van der Waals surface area contributed by atoms with E-state index in [2.05, 4.69) is 0 Å². The second kappa shape index (κ2) is 21.2. The lowest BCUT2D eigenvalue weighted by Gasteiger charge is -2.35. The molecule has 4 saturated carbocycles. The average Bonchev–Trinajstić information content (AvgIpc) is 2.92. The molecule has 0 bridgehead atoms. The molecule has 4 fully saturated rings. The molecule has 0 atom stereocenters. The SMILES string of the molecule is O=C(O)O.O=C(O)O.OOC(C1CCCCC1)C1CCCCC1.OOC(C1CCCCC1)C1CCCCC1. The van der Waals surface area contributed by atoms with E-state index in [1.54, 1.807) is 0 Å². The lowest BCUT2D eigenvalue weighted by atomic mass is 9.75. The van der Waals surface area contributed by atoms with Crippen molar-refractivity contribution in [1.29, 1.82) is 0 Å². The Morgan fingerprint density at radius 2 is 0.579 bits per heavy atom. The van der Waals surface area contributed by atoms with Crippen LogP contribution in [0.2, 0.25) is 0 Å². The van der Waals surface area contributed by atoms with Crippen molar-refractivity contribution in [2.45, 2.75) is 141 Å². The second-order valence-corrected chi connectivity index (χ2v) is 11.3. The smallest absolute Gasteiger partial charge is 0.450 e. The Kier molecular flexibility index (Phi) is 19.2. The summed E-state index contributed by atoms with van der Waals surface area (Å²) >= 11 is 0. The van der Waals surface area contributed by atoms with Crippen molar-refractivity contribution in [3.8, 4) is 0 Å². The molecule has 0 radical (unpaired) electrons. The summed E-state index contributed by atoms with van der Waals surface area (Å²) in [6, 6.07) is 0. The quantitative estimate of drug-likeness (QED) is 0.139. The molecule has 0 spiro atoms. The number of hydrogen-bond acceptors (Lipinski definition) is 6. The van der Waals surface area contributed by atoms with Crippen LogP contribution in [0.15, 0.2) is 0 Å². The first-order valence-corrected chi connectivity index (χ1v) is 14.7. The van der Waals surface area contributed by atoms with E-state index in [-0.39, 0.29) is 12.2 Å². The maximum Gasteiger partial charge on any atom is 0.503 e. The van der Waals surface area contributed by atoms with Crippen LogP contribution in [-0.2, 0) is 9.78 Å². The summed E-state index contributed by atoms with van der Waals surface area (Å²) in [5, 5.41) is 46.1. The fourth-order valence-corrected chi connectivity index (χ4v) is 6.96. The maximum atomic E-state index is 9.13.